The number of pyridine rings is 1. The second-order valence-corrected chi connectivity index (χ2v) is 10.1. The topological polar surface area (TPSA) is 98.8 Å². The molecule has 2 atom stereocenters. The van der Waals surface area contributed by atoms with Crippen molar-refractivity contribution in [2.45, 2.75) is 38.5 Å². The number of nitrogens with one attached hydrogen (secondary N) is 2. The van der Waals surface area contributed by atoms with Gasteiger partial charge in [-0.1, -0.05) is 24.3 Å². The summed E-state index contributed by atoms with van der Waals surface area (Å²) in [4.78, 5) is 32.0. The number of hydrogen-bond acceptors (Lipinski definition) is 7. The maximum absolute atomic E-state index is 13.9. The Morgan fingerprint density at radius 2 is 1.77 bits per heavy atom. The van der Waals surface area contributed by atoms with Crippen molar-refractivity contribution in [3.8, 4) is 17.2 Å². The van der Waals surface area contributed by atoms with Crippen molar-refractivity contribution in [3.63, 3.8) is 0 Å². The highest BCUT2D eigenvalue weighted by molar-refractivity contribution is 6.09. The first-order chi connectivity index (χ1) is 18.9. The molecule has 3 heterocycles. The summed E-state index contributed by atoms with van der Waals surface area (Å²) in [6, 6.07) is 17.1. The van der Waals surface area contributed by atoms with E-state index in [1.807, 2.05) is 62.4 Å². The van der Waals surface area contributed by atoms with Gasteiger partial charge in [-0.2, -0.15) is 0 Å². The quantitative estimate of drug-likeness (QED) is 0.479. The molecule has 1 amide bonds. The van der Waals surface area contributed by atoms with Crippen LogP contribution in [0.5, 0.6) is 17.2 Å². The van der Waals surface area contributed by atoms with Crippen LogP contribution in [-0.4, -0.2) is 30.6 Å². The molecular weight excluding hydrogens is 494 g/mol. The highest BCUT2D eigenvalue weighted by Gasteiger charge is 2.41. The number of aromatic nitrogens is 1. The average molecular weight is 524 g/mol. The Balaban J connectivity index is 1.40. The zero-order chi connectivity index (χ0) is 27.1. The molecule has 0 radical (unpaired) electrons. The van der Waals surface area contributed by atoms with Crippen molar-refractivity contribution in [3.05, 3.63) is 100 Å². The Morgan fingerprint density at radius 1 is 1.00 bits per heavy atom. The third-order valence-electron chi connectivity index (χ3n) is 7.54. The van der Waals surface area contributed by atoms with Crippen LogP contribution in [0.3, 0.4) is 0 Å². The number of methoxy groups -OCH3 is 1. The highest BCUT2D eigenvalue weighted by Crippen LogP contribution is 2.47. The van der Waals surface area contributed by atoms with Crippen LogP contribution in [0.4, 0.5) is 5.82 Å². The summed E-state index contributed by atoms with van der Waals surface area (Å²) in [5.41, 5.74) is 5.51. The minimum Gasteiger partial charge on any atom is -0.497 e. The molecule has 0 spiro atoms. The third kappa shape index (κ3) is 4.63. The fourth-order valence-corrected chi connectivity index (χ4v) is 5.60. The lowest BCUT2D eigenvalue weighted by Crippen LogP contribution is -2.37. The van der Waals surface area contributed by atoms with Crippen LogP contribution in [0.25, 0.3) is 0 Å². The summed E-state index contributed by atoms with van der Waals surface area (Å²) in [7, 11) is 1.64. The summed E-state index contributed by atoms with van der Waals surface area (Å²) >= 11 is 0. The molecule has 8 heteroatoms. The SMILES string of the molecule is COc1ccc(C2CC(=O)C3=C(C2)NC(C)=C(C(=O)Nc2ccc(C)cn2)C3c2ccc3c(c2)OCO3)cc1. The molecule has 6 rings (SSSR count). The third-order valence-corrected chi connectivity index (χ3v) is 7.54. The van der Waals surface area contributed by atoms with E-state index < -0.39 is 5.92 Å². The van der Waals surface area contributed by atoms with Gasteiger partial charge in [0.2, 0.25) is 6.79 Å². The van der Waals surface area contributed by atoms with Gasteiger partial charge in [0.25, 0.3) is 5.91 Å². The summed E-state index contributed by atoms with van der Waals surface area (Å²) < 4.78 is 16.4. The van der Waals surface area contributed by atoms with Gasteiger partial charge in [0.15, 0.2) is 17.3 Å². The van der Waals surface area contributed by atoms with Gasteiger partial charge in [-0.25, -0.2) is 4.98 Å². The minimum absolute atomic E-state index is 0.0125. The molecule has 0 bridgehead atoms. The van der Waals surface area contributed by atoms with E-state index in [2.05, 4.69) is 15.6 Å². The van der Waals surface area contributed by atoms with Gasteiger partial charge >= 0.3 is 0 Å². The molecule has 3 aliphatic rings. The molecule has 39 heavy (non-hydrogen) atoms. The number of allylic oxidation sites excluding steroid dienone is 3. The number of hydrogen-bond donors (Lipinski definition) is 2. The lowest BCUT2D eigenvalue weighted by atomic mass is 9.71. The number of carbonyl (C=O) groups is 2. The predicted octanol–water partition coefficient (Wildman–Crippen LogP) is 5.13. The maximum atomic E-state index is 13.9. The molecule has 2 unspecified atom stereocenters. The van der Waals surface area contributed by atoms with E-state index in [4.69, 9.17) is 14.2 Å². The number of dihydropyridines is 1. The molecule has 2 aromatic carbocycles. The first-order valence-corrected chi connectivity index (χ1v) is 12.9. The number of ketones is 1. The van der Waals surface area contributed by atoms with Crippen molar-refractivity contribution in [2.75, 3.05) is 19.2 Å². The normalized spacial score (nSPS) is 19.9. The summed E-state index contributed by atoms with van der Waals surface area (Å²) in [6.07, 6.45) is 2.71. The molecule has 0 fully saturated rings. The van der Waals surface area contributed by atoms with Crippen LogP contribution in [0.15, 0.2) is 83.3 Å². The number of Topliss-reactive ketones (excluding diaryl/α,β-unsaturated/α-hetero) is 1. The highest BCUT2D eigenvalue weighted by atomic mass is 16.7. The second-order valence-electron chi connectivity index (χ2n) is 10.1. The van der Waals surface area contributed by atoms with E-state index in [0.717, 1.165) is 28.1 Å². The number of ether oxygens (including phenoxy) is 3. The van der Waals surface area contributed by atoms with E-state index in [1.165, 1.54) is 0 Å². The first-order valence-electron chi connectivity index (χ1n) is 12.9. The van der Waals surface area contributed by atoms with Crippen LogP contribution in [0, 0.1) is 6.92 Å². The van der Waals surface area contributed by atoms with Crippen LogP contribution >= 0.6 is 0 Å². The average Bonchev–Trinajstić information content (AvgIpc) is 3.41. The maximum Gasteiger partial charge on any atom is 0.255 e. The van der Waals surface area contributed by atoms with Gasteiger partial charge in [-0.15, -0.1) is 0 Å². The van der Waals surface area contributed by atoms with Gasteiger partial charge < -0.3 is 24.8 Å². The number of rotatable bonds is 5. The van der Waals surface area contributed by atoms with Crippen LogP contribution in [0.2, 0.25) is 0 Å². The number of aryl methyl sites for hydroxylation is 1. The molecule has 0 saturated heterocycles. The smallest absolute Gasteiger partial charge is 0.255 e. The van der Waals surface area contributed by atoms with E-state index in [0.29, 0.717) is 47.0 Å². The standard InChI is InChI=1S/C31H29N3O5/c1-17-4-11-27(32-15-17)34-31(36)28-18(2)33-23-12-21(19-5-8-22(37-3)9-6-19)13-24(35)30(23)29(28)20-7-10-25-26(14-20)39-16-38-25/h4-11,14-15,21,29,33H,12-13,16H2,1-3H3,(H,32,34,36). The lowest BCUT2D eigenvalue weighted by molar-refractivity contribution is -0.116. The number of fused-ring (bicyclic) bond motifs is 1. The number of nitrogens with zero attached hydrogens (tertiary/aromatic N) is 1. The van der Waals surface area contributed by atoms with Gasteiger partial charge in [0, 0.05) is 41.1 Å². The van der Waals surface area contributed by atoms with E-state index in [1.54, 1.807) is 19.4 Å². The Morgan fingerprint density at radius 3 is 2.51 bits per heavy atom. The molecule has 8 nitrogen and oxygen atoms in total. The van der Waals surface area contributed by atoms with Crippen molar-refractivity contribution >= 4 is 17.5 Å². The number of carbonyl (C=O) groups excluding carboxylic acids is 2. The van der Waals surface area contributed by atoms with Crippen molar-refractivity contribution in [1.29, 1.82) is 0 Å². The molecular formula is C31H29N3O5. The van der Waals surface area contributed by atoms with E-state index in [9.17, 15) is 9.59 Å². The molecule has 2 aliphatic heterocycles. The van der Waals surface area contributed by atoms with Crippen molar-refractivity contribution in [1.82, 2.24) is 10.3 Å². The first kappa shape index (κ1) is 24.7. The Hall–Kier alpha value is -4.59. The molecule has 198 valence electrons. The number of anilines is 1. The van der Waals surface area contributed by atoms with Gasteiger partial charge in [0.05, 0.1) is 7.11 Å². The molecule has 1 aromatic heterocycles. The fourth-order valence-electron chi connectivity index (χ4n) is 5.60. The van der Waals surface area contributed by atoms with Crippen molar-refractivity contribution in [2.24, 2.45) is 0 Å². The fraction of sp³-hybridized carbons (Fsp3) is 0.258. The van der Waals surface area contributed by atoms with Crippen LogP contribution < -0.4 is 24.8 Å². The van der Waals surface area contributed by atoms with Gasteiger partial charge in [-0.3, -0.25) is 9.59 Å². The van der Waals surface area contributed by atoms with E-state index in [-0.39, 0.29) is 24.4 Å². The zero-order valence-electron chi connectivity index (χ0n) is 22.0. The Bertz CT molecular complexity index is 1520. The summed E-state index contributed by atoms with van der Waals surface area (Å²) in [5.74, 6) is 1.63. The van der Waals surface area contributed by atoms with Gasteiger partial charge in [0.1, 0.15) is 11.6 Å². The predicted molar refractivity (Wildman–Crippen MR) is 146 cm³/mol. The molecule has 2 N–H and O–H groups in total. The summed E-state index contributed by atoms with van der Waals surface area (Å²) in [6.45, 7) is 3.96. The monoisotopic (exact) mass is 523 g/mol. The van der Waals surface area contributed by atoms with Gasteiger partial charge in [-0.05, 0) is 73.2 Å². The largest absolute Gasteiger partial charge is 0.497 e. The zero-order valence-corrected chi connectivity index (χ0v) is 22.0. The molecule has 3 aromatic rings. The lowest BCUT2D eigenvalue weighted by Gasteiger charge is -2.37. The number of amides is 1. The number of benzene rings is 2. The van der Waals surface area contributed by atoms with E-state index >= 15 is 0 Å². The van der Waals surface area contributed by atoms with Crippen molar-refractivity contribution < 1.29 is 23.8 Å². The van der Waals surface area contributed by atoms with Crippen LogP contribution in [-0.2, 0) is 9.59 Å². The molecule has 0 saturated carbocycles. The Kier molecular flexibility index (Phi) is 6.30. The summed E-state index contributed by atoms with van der Waals surface area (Å²) in [5, 5.41) is 6.35. The van der Waals surface area contributed by atoms with Crippen LogP contribution in [0.1, 0.15) is 48.3 Å². The Labute approximate surface area is 226 Å². The second kappa shape index (κ2) is 9.94. The minimum atomic E-state index is -0.564. The molecule has 1 aliphatic carbocycles.